The second-order valence-corrected chi connectivity index (χ2v) is 7.85. The zero-order valence-electron chi connectivity index (χ0n) is 13.5. The van der Waals surface area contributed by atoms with E-state index in [0.717, 1.165) is 31.4 Å². The second kappa shape index (κ2) is 5.29. The summed E-state index contributed by atoms with van der Waals surface area (Å²) in [6.45, 7) is 2.39. The normalized spacial score (nSPS) is 34.7. The first-order valence-electron chi connectivity index (χ1n) is 8.78. The minimum Gasteiger partial charge on any atom is -0.312 e. The van der Waals surface area contributed by atoms with Gasteiger partial charge in [-0.05, 0) is 75.3 Å². The third-order valence-electron chi connectivity index (χ3n) is 6.27. The largest absolute Gasteiger partial charge is 0.312 e. The van der Waals surface area contributed by atoms with Crippen molar-refractivity contribution in [2.24, 2.45) is 23.2 Å². The smallest absolute Gasteiger partial charge is 0.233 e. The summed E-state index contributed by atoms with van der Waals surface area (Å²) in [6, 6.07) is 3.78. The van der Waals surface area contributed by atoms with Gasteiger partial charge in [-0.15, -0.1) is 0 Å². The molecule has 23 heavy (non-hydrogen) atoms. The molecule has 1 amide bonds. The summed E-state index contributed by atoms with van der Waals surface area (Å²) in [5.41, 5.74) is 0.224. The molecule has 124 valence electrons. The molecule has 0 heterocycles. The Bertz CT molecular complexity index is 607. The third kappa shape index (κ3) is 2.38. The van der Waals surface area contributed by atoms with Gasteiger partial charge in [-0.25, -0.2) is 8.78 Å². The van der Waals surface area contributed by atoms with Gasteiger partial charge < -0.3 is 4.90 Å². The first-order valence-corrected chi connectivity index (χ1v) is 8.78. The Morgan fingerprint density at radius 2 is 1.65 bits per heavy atom. The van der Waals surface area contributed by atoms with Gasteiger partial charge in [-0.3, -0.25) is 4.79 Å². The molecule has 1 aromatic carbocycles. The van der Waals surface area contributed by atoms with Crippen LogP contribution in [0.15, 0.2) is 18.2 Å². The van der Waals surface area contributed by atoms with E-state index in [1.807, 2.05) is 6.92 Å². The minimum absolute atomic E-state index is 0.130. The predicted molar refractivity (Wildman–Crippen MR) is 85.0 cm³/mol. The van der Waals surface area contributed by atoms with Crippen LogP contribution in [0.2, 0.25) is 0 Å². The quantitative estimate of drug-likeness (QED) is 0.801. The van der Waals surface area contributed by atoms with E-state index in [-0.39, 0.29) is 11.3 Å². The van der Waals surface area contributed by atoms with Gasteiger partial charge in [-0.2, -0.15) is 0 Å². The van der Waals surface area contributed by atoms with E-state index < -0.39 is 11.6 Å². The van der Waals surface area contributed by atoms with Gasteiger partial charge in [0.25, 0.3) is 0 Å². The number of hydrogen-bond acceptors (Lipinski definition) is 1. The number of anilines is 1. The molecule has 0 aliphatic heterocycles. The Kier molecular flexibility index (Phi) is 3.47. The van der Waals surface area contributed by atoms with Crippen LogP contribution < -0.4 is 4.90 Å². The number of rotatable bonds is 3. The van der Waals surface area contributed by atoms with Crippen LogP contribution in [-0.4, -0.2) is 12.5 Å². The highest BCUT2D eigenvalue weighted by Crippen LogP contribution is 2.60. The van der Waals surface area contributed by atoms with Crippen molar-refractivity contribution in [3.63, 3.8) is 0 Å². The highest BCUT2D eigenvalue weighted by atomic mass is 19.2. The fourth-order valence-electron chi connectivity index (χ4n) is 5.76. The maximum Gasteiger partial charge on any atom is 0.233 e. The van der Waals surface area contributed by atoms with E-state index in [2.05, 4.69) is 0 Å². The van der Waals surface area contributed by atoms with Crippen molar-refractivity contribution in [1.29, 1.82) is 0 Å². The molecule has 4 bridgehead atoms. The minimum atomic E-state index is -0.890. The van der Waals surface area contributed by atoms with Gasteiger partial charge in [0.05, 0.1) is 5.41 Å². The molecule has 5 rings (SSSR count). The Labute approximate surface area is 135 Å². The molecule has 4 fully saturated rings. The summed E-state index contributed by atoms with van der Waals surface area (Å²) >= 11 is 0. The van der Waals surface area contributed by atoms with Crippen LogP contribution in [0.5, 0.6) is 0 Å². The molecule has 0 spiro atoms. The molecule has 2 nitrogen and oxygen atoms in total. The lowest BCUT2D eigenvalue weighted by Crippen LogP contribution is -2.54. The van der Waals surface area contributed by atoms with Crippen LogP contribution in [0.3, 0.4) is 0 Å². The van der Waals surface area contributed by atoms with Gasteiger partial charge in [0.2, 0.25) is 5.91 Å². The van der Waals surface area contributed by atoms with Crippen molar-refractivity contribution in [2.75, 3.05) is 11.4 Å². The molecule has 0 radical (unpaired) electrons. The highest BCUT2D eigenvalue weighted by molar-refractivity contribution is 5.97. The first kappa shape index (κ1) is 15.1. The summed E-state index contributed by atoms with van der Waals surface area (Å²) < 4.78 is 26.8. The van der Waals surface area contributed by atoms with Crippen molar-refractivity contribution in [2.45, 2.75) is 45.4 Å². The molecule has 4 aliphatic rings. The van der Waals surface area contributed by atoms with Crippen LogP contribution in [0.25, 0.3) is 0 Å². The van der Waals surface area contributed by atoms with E-state index in [9.17, 15) is 13.6 Å². The van der Waals surface area contributed by atoms with Gasteiger partial charge in [0.1, 0.15) is 0 Å². The zero-order chi connectivity index (χ0) is 16.2. The summed E-state index contributed by atoms with van der Waals surface area (Å²) in [4.78, 5) is 15.0. The topological polar surface area (TPSA) is 20.3 Å². The fraction of sp³-hybridized carbons (Fsp3) is 0.632. The van der Waals surface area contributed by atoms with E-state index in [0.29, 0.717) is 30.0 Å². The van der Waals surface area contributed by atoms with Gasteiger partial charge in [0, 0.05) is 18.3 Å². The van der Waals surface area contributed by atoms with Crippen molar-refractivity contribution >= 4 is 11.6 Å². The molecule has 0 atom stereocenters. The summed E-state index contributed by atoms with van der Waals surface area (Å²) in [5.74, 6) is 0.438. The second-order valence-electron chi connectivity index (χ2n) is 7.85. The molecule has 1 aromatic rings. The Morgan fingerprint density at radius 3 is 2.13 bits per heavy atom. The van der Waals surface area contributed by atoms with Gasteiger partial charge in [-0.1, -0.05) is 0 Å². The average Bonchev–Trinajstić information content (AvgIpc) is 2.50. The maximum atomic E-state index is 13.6. The Hall–Kier alpha value is -1.45. The summed E-state index contributed by atoms with van der Waals surface area (Å²) in [6.07, 6.45) is 6.80. The molecular formula is C19H23F2NO. The Morgan fingerprint density at radius 1 is 1.09 bits per heavy atom. The van der Waals surface area contributed by atoms with Crippen LogP contribution in [0.4, 0.5) is 14.5 Å². The molecule has 4 aliphatic carbocycles. The van der Waals surface area contributed by atoms with Crippen molar-refractivity contribution < 1.29 is 13.6 Å². The number of halogens is 2. The third-order valence-corrected chi connectivity index (χ3v) is 6.27. The number of carbonyl (C=O) groups excluding carboxylic acids is 1. The molecule has 0 unspecified atom stereocenters. The molecule has 0 aromatic heterocycles. The summed E-state index contributed by atoms with van der Waals surface area (Å²) in [5, 5.41) is 0. The van der Waals surface area contributed by atoms with E-state index in [1.165, 1.54) is 25.3 Å². The lowest BCUT2D eigenvalue weighted by Gasteiger charge is -2.56. The van der Waals surface area contributed by atoms with Crippen LogP contribution >= 0.6 is 0 Å². The van der Waals surface area contributed by atoms with Crippen molar-refractivity contribution in [3.8, 4) is 0 Å². The fourth-order valence-corrected chi connectivity index (χ4v) is 5.76. The molecule has 4 heteroatoms. The number of carbonyl (C=O) groups is 1. The van der Waals surface area contributed by atoms with Crippen LogP contribution in [-0.2, 0) is 4.79 Å². The standard InChI is InChI=1S/C19H23F2NO/c1-2-22(15-3-4-16(20)17(21)8-15)18(23)19-9-12-5-13(10-19)7-14(6-12)11-19/h3-4,8,12-14H,2,5-7,9-11H2,1H3. The lowest BCUT2D eigenvalue weighted by atomic mass is 9.49. The van der Waals surface area contributed by atoms with Gasteiger partial charge >= 0.3 is 0 Å². The average molecular weight is 319 g/mol. The monoisotopic (exact) mass is 319 g/mol. The Balaban J connectivity index is 1.65. The first-order chi connectivity index (χ1) is 11.0. The van der Waals surface area contributed by atoms with E-state index in [1.54, 1.807) is 4.90 Å². The number of amides is 1. The SMILES string of the molecule is CCN(C(=O)C12CC3CC(CC(C3)C1)C2)c1ccc(F)c(F)c1. The van der Waals surface area contributed by atoms with Crippen LogP contribution in [0.1, 0.15) is 45.4 Å². The zero-order valence-corrected chi connectivity index (χ0v) is 13.5. The lowest BCUT2D eigenvalue weighted by molar-refractivity contribution is -0.143. The molecule has 4 saturated carbocycles. The highest BCUT2D eigenvalue weighted by Gasteiger charge is 2.55. The maximum absolute atomic E-state index is 13.6. The van der Waals surface area contributed by atoms with E-state index >= 15 is 0 Å². The molecule has 0 saturated heterocycles. The number of benzene rings is 1. The number of nitrogens with zero attached hydrogens (tertiary/aromatic N) is 1. The molecule has 0 N–H and O–H groups in total. The predicted octanol–water partition coefficient (Wildman–Crippen LogP) is 4.53. The summed E-state index contributed by atoms with van der Waals surface area (Å²) in [7, 11) is 0. The van der Waals surface area contributed by atoms with Crippen molar-refractivity contribution in [1.82, 2.24) is 0 Å². The van der Waals surface area contributed by atoms with Crippen LogP contribution in [0, 0.1) is 34.8 Å². The van der Waals surface area contributed by atoms with Gasteiger partial charge in [0.15, 0.2) is 11.6 Å². The van der Waals surface area contributed by atoms with E-state index in [4.69, 9.17) is 0 Å². The number of hydrogen-bond donors (Lipinski definition) is 0. The molecular weight excluding hydrogens is 296 g/mol. The van der Waals surface area contributed by atoms with Crippen molar-refractivity contribution in [3.05, 3.63) is 29.8 Å².